The number of esters is 1. The molecule has 0 aromatic carbocycles. The maximum atomic E-state index is 11.2. The molecule has 0 fully saturated rings. The highest BCUT2D eigenvalue weighted by atomic mass is 32.2. The van der Waals surface area contributed by atoms with Crippen LogP contribution >= 0.6 is 11.8 Å². The summed E-state index contributed by atoms with van der Waals surface area (Å²) in [5.41, 5.74) is 1.36. The molecule has 0 aromatic rings. The Morgan fingerprint density at radius 2 is 2.10 bits per heavy atom. The molecule has 0 aromatic heterocycles. The van der Waals surface area contributed by atoms with Gasteiger partial charge in [-0.3, -0.25) is 4.79 Å². The van der Waals surface area contributed by atoms with Gasteiger partial charge in [0.15, 0.2) is 8.32 Å². The first-order valence-corrected chi connectivity index (χ1v) is 12.3. The fraction of sp³-hybridized carbons (Fsp3) is 0.812. The van der Waals surface area contributed by atoms with Crippen molar-refractivity contribution in [2.45, 2.75) is 52.4 Å². The molecule has 122 valence electrons. The molecule has 0 spiro atoms. The van der Waals surface area contributed by atoms with E-state index in [2.05, 4.69) is 39.6 Å². The summed E-state index contributed by atoms with van der Waals surface area (Å²) < 4.78 is 11.1. The molecule has 0 N–H and O–H groups in total. The van der Waals surface area contributed by atoms with Gasteiger partial charge in [-0.05, 0) is 49.9 Å². The molecular weight excluding hydrogens is 300 g/mol. The standard InChI is InChI=1S/C16H30O3SSi/c1-12(2)13-7-8-14(10-20-11-16(17)18-3)15(9-13)19-21(4,5)6/h8,12-13,15H,7,9-11H2,1-6H3/t13-,15+/m1/s1. The SMILES string of the molecule is COC(=O)CSCC1=CC[C@@H](C(C)C)C[C@@H]1O[Si](C)(C)C. The summed E-state index contributed by atoms with van der Waals surface area (Å²) in [7, 11) is -0.123. The van der Waals surface area contributed by atoms with Gasteiger partial charge in [0.2, 0.25) is 0 Å². The van der Waals surface area contributed by atoms with E-state index in [1.54, 1.807) is 11.8 Å². The lowest BCUT2D eigenvalue weighted by atomic mass is 9.81. The predicted octanol–water partition coefficient (Wildman–Crippen LogP) is 4.11. The zero-order valence-electron chi connectivity index (χ0n) is 14.3. The fourth-order valence-electron chi connectivity index (χ4n) is 2.51. The van der Waals surface area contributed by atoms with E-state index in [9.17, 15) is 4.79 Å². The Balaban J connectivity index is 2.65. The Morgan fingerprint density at radius 1 is 1.43 bits per heavy atom. The molecule has 0 saturated carbocycles. The lowest BCUT2D eigenvalue weighted by molar-refractivity contribution is -0.137. The highest BCUT2D eigenvalue weighted by Gasteiger charge is 2.30. The second-order valence-corrected chi connectivity index (χ2v) is 12.5. The minimum absolute atomic E-state index is 0.154. The van der Waals surface area contributed by atoms with Crippen LogP contribution in [-0.4, -0.2) is 39.0 Å². The maximum absolute atomic E-state index is 11.2. The van der Waals surface area contributed by atoms with Crippen molar-refractivity contribution in [1.29, 1.82) is 0 Å². The molecule has 21 heavy (non-hydrogen) atoms. The molecule has 0 saturated heterocycles. The van der Waals surface area contributed by atoms with Gasteiger partial charge in [-0.2, -0.15) is 0 Å². The number of carbonyl (C=O) groups is 1. The van der Waals surface area contributed by atoms with Gasteiger partial charge in [-0.25, -0.2) is 0 Å². The van der Waals surface area contributed by atoms with Gasteiger partial charge in [0.05, 0.1) is 19.0 Å². The van der Waals surface area contributed by atoms with Crippen LogP contribution in [0.1, 0.15) is 26.7 Å². The molecule has 1 aliphatic carbocycles. The van der Waals surface area contributed by atoms with Crippen molar-refractivity contribution in [3.8, 4) is 0 Å². The molecule has 0 radical (unpaired) electrons. The van der Waals surface area contributed by atoms with Crippen molar-refractivity contribution in [1.82, 2.24) is 0 Å². The predicted molar refractivity (Wildman–Crippen MR) is 93.2 cm³/mol. The van der Waals surface area contributed by atoms with Crippen LogP contribution in [-0.2, 0) is 14.0 Å². The van der Waals surface area contributed by atoms with Crippen LogP contribution in [0.4, 0.5) is 0 Å². The quantitative estimate of drug-likeness (QED) is 0.400. The first-order valence-electron chi connectivity index (χ1n) is 7.74. The topological polar surface area (TPSA) is 35.5 Å². The number of ether oxygens (including phenoxy) is 1. The number of carbonyl (C=O) groups excluding carboxylic acids is 1. The molecule has 3 nitrogen and oxygen atoms in total. The fourth-order valence-corrected chi connectivity index (χ4v) is 4.54. The van der Waals surface area contributed by atoms with Crippen LogP contribution in [0, 0.1) is 11.8 Å². The highest BCUT2D eigenvalue weighted by molar-refractivity contribution is 8.00. The van der Waals surface area contributed by atoms with Gasteiger partial charge in [-0.15, -0.1) is 11.8 Å². The summed E-state index contributed by atoms with van der Waals surface area (Å²) in [5.74, 6) is 2.54. The van der Waals surface area contributed by atoms with E-state index in [1.165, 1.54) is 12.7 Å². The maximum Gasteiger partial charge on any atom is 0.315 e. The second kappa shape index (κ2) is 8.39. The normalized spacial score (nSPS) is 23.1. The molecule has 0 aliphatic heterocycles. The number of allylic oxidation sites excluding steroid dienone is 1. The van der Waals surface area contributed by atoms with Crippen LogP contribution in [0.15, 0.2) is 11.6 Å². The zero-order chi connectivity index (χ0) is 16.0. The van der Waals surface area contributed by atoms with Gasteiger partial charge < -0.3 is 9.16 Å². The van der Waals surface area contributed by atoms with Crippen molar-refractivity contribution < 1.29 is 14.0 Å². The van der Waals surface area contributed by atoms with Gasteiger partial charge in [0.1, 0.15) is 0 Å². The third kappa shape index (κ3) is 7.02. The van der Waals surface area contributed by atoms with Crippen molar-refractivity contribution in [3.63, 3.8) is 0 Å². The van der Waals surface area contributed by atoms with E-state index in [1.807, 2.05) is 0 Å². The number of methoxy groups -OCH3 is 1. The van der Waals surface area contributed by atoms with Crippen LogP contribution in [0.25, 0.3) is 0 Å². The van der Waals surface area contributed by atoms with E-state index >= 15 is 0 Å². The molecule has 0 heterocycles. The number of rotatable bonds is 7. The summed E-state index contributed by atoms with van der Waals surface area (Å²) in [5, 5.41) is 0. The first-order chi connectivity index (χ1) is 9.73. The van der Waals surface area contributed by atoms with Gasteiger partial charge in [0, 0.05) is 5.75 Å². The average molecular weight is 331 g/mol. The Kier molecular flexibility index (Phi) is 7.51. The third-order valence-electron chi connectivity index (χ3n) is 3.77. The van der Waals surface area contributed by atoms with E-state index < -0.39 is 8.32 Å². The lowest BCUT2D eigenvalue weighted by Gasteiger charge is -2.35. The van der Waals surface area contributed by atoms with Gasteiger partial charge >= 0.3 is 5.97 Å². The minimum Gasteiger partial charge on any atom is -0.468 e. The molecule has 2 atom stereocenters. The van der Waals surface area contributed by atoms with Crippen LogP contribution in [0.3, 0.4) is 0 Å². The number of thioether (sulfide) groups is 1. The van der Waals surface area contributed by atoms with E-state index in [-0.39, 0.29) is 12.1 Å². The Labute approximate surface area is 135 Å². The molecule has 1 aliphatic rings. The highest BCUT2D eigenvalue weighted by Crippen LogP contribution is 2.34. The first kappa shape index (κ1) is 18.8. The monoisotopic (exact) mass is 330 g/mol. The second-order valence-electron chi connectivity index (χ2n) is 7.04. The molecule has 5 heteroatoms. The minimum atomic E-state index is -1.56. The summed E-state index contributed by atoms with van der Waals surface area (Å²) >= 11 is 1.62. The van der Waals surface area contributed by atoms with E-state index in [0.717, 1.165) is 18.6 Å². The van der Waals surface area contributed by atoms with Crippen LogP contribution in [0.5, 0.6) is 0 Å². The summed E-state index contributed by atoms with van der Waals surface area (Å²) in [4.78, 5) is 11.2. The van der Waals surface area contributed by atoms with E-state index in [4.69, 9.17) is 9.16 Å². The zero-order valence-corrected chi connectivity index (χ0v) is 16.1. The molecule has 0 amide bonds. The van der Waals surface area contributed by atoms with Crippen molar-refractivity contribution in [2.75, 3.05) is 18.6 Å². The average Bonchev–Trinajstić information content (AvgIpc) is 2.38. The molecule has 1 rings (SSSR count). The Hall–Kier alpha value is -0.263. The smallest absolute Gasteiger partial charge is 0.315 e. The molecule has 0 unspecified atom stereocenters. The van der Waals surface area contributed by atoms with Crippen LogP contribution in [0.2, 0.25) is 19.6 Å². The van der Waals surface area contributed by atoms with Crippen molar-refractivity contribution in [2.24, 2.45) is 11.8 Å². The molecular formula is C16H30O3SSi. The van der Waals surface area contributed by atoms with Gasteiger partial charge in [-0.1, -0.05) is 19.9 Å². The number of hydrogen-bond acceptors (Lipinski definition) is 4. The third-order valence-corrected chi connectivity index (χ3v) is 5.74. The number of hydrogen-bond donors (Lipinski definition) is 0. The van der Waals surface area contributed by atoms with Crippen molar-refractivity contribution >= 4 is 26.0 Å². The summed E-state index contributed by atoms with van der Waals surface area (Å²) in [6.07, 6.45) is 4.84. The summed E-state index contributed by atoms with van der Waals surface area (Å²) in [6, 6.07) is 0. The van der Waals surface area contributed by atoms with Crippen LogP contribution < -0.4 is 0 Å². The van der Waals surface area contributed by atoms with Crippen molar-refractivity contribution in [3.05, 3.63) is 11.6 Å². The largest absolute Gasteiger partial charge is 0.468 e. The Bertz CT molecular complexity index is 374. The molecule has 0 bridgehead atoms. The van der Waals surface area contributed by atoms with Gasteiger partial charge in [0.25, 0.3) is 0 Å². The lowest BCUT2D eigenvalue weighted by Crippen LogP contribution is -2.37. The summed E-state index contributed by atoms with van der Waals surface area (Å²) in [6.45, 7) is 11.3. The van der Waals surface area contributed by atoms with E-state index in [0.29, 0.717) is 17.6 Å². The Morgan fingerprint density at radius 3 is 2.62 bits per heavy atom.